The Bertz CT molecular complexity index is 697. The fraction of sp³-hybridized carbons (Fsp3) is 0.500. The van der Waals surface area contributed by atoms with Crippen LogP contribution in [0.4, 0.5) is 0 Å². The molecule has 0 bridgehead atoms. The summed E-state index contributed by atoms with van der Waals surface area (Å²) in [5, 5.41) is 0. The molecule has 120 valence electrons. The zero-order valence-electron chi connectivity index (χ0n) is 13.5. The lowest BCUT2D eigenvalue weighted by molar-refractivity contribution is -0.133. The third-order valence-electron chi connectivity index (χ3n) is 4.97. The van der Waals surface area contributed by atoms with Gasteiger partial charge in [-0.2, -0.15) is 0 Å². The molecule has 0 aromatic carbocycles. The lowest BCUT2D eigenvalue weighted by atomic mass is 10.0. The number of imidazole rings is 1. The van der Waals surface area contributed by atoms with E-state index in [-0.39, 0.29) is 0 Å². The normalized spacial score (nSPS) is 19.1. The van der Waals surface area contributed by atoms with Gasteiger partial charge >= 0.3 is 0 Å². The summed E-state index contributed by atoms with van der Waals surface area (Å²) in [6.07, 6.45) is 9.76. The lowest BCUT2D eigenvalue weighted by Crippen LogP contribution is -2.40. The SMILES string of the molecule is Cc1cnc(-c2cccnc2)n1C1CCN(C(=O)C2CC2)CC1. The Kier molecular flexibility index (Phi) is 3.63. The van der Waals surface area contributed by atoms with Crippen molar-refractivity contribution >= 4 is 5.91 Å². The van der Waals surface area contributed by atoms with E-state index >= 15 is 0 Å². The molecule has 2 fully saturated rings. The van der Waals surface area contributed by atoms with Gasteiger partial charge in [-0.05, 0) is 44.7 Å². The second kappa shape index (κ2) is 5.80. The first-order valence-electron chi connectivity index (χ1n) is 8.47. The third kappa shape index (κ3) is 2.76. The van der Waals surface area contributed by atoms with Crippen molar-refractivity contribution in [3.63, 3.8) is 0 Å². The zero-order valence-corrected chi connectivity index (χ0v) is 13.5. The van der Waals surface area contributed by atoms with Crippen LogP contribution >= 0.6 is 0 Å². The molecule has 3 heterocycles. The number of amides is 1. The summed E-state index contributed by atoms with van der Waals surface area (Å²) in [7, 11) is 0. The van der Waals surface area contributed by atoms with Crippen LogP contribution in [-0.2, 0) is 4.79 Å². The quantitative estimate of drug-likeness (QED) is 0.876. The molecule has 4 rings (SSSR count). The summed E-state index contributed by atoms with van der Waals surface area (Å²) in [5.41, 5.74) is 2.23. The molecule has 1 aliphatic carbocycles. The molecule has 0 unspecified atom stereocenters. The highest BCUT2D eigenvalue weighted by molar-refractivity contribution is 5.81. The number of nitrogens with zero attached hydrogens (tertiary/aromatic N) is 4. The molecular weight excluding hydrogens is 288 g/mol. The molecular formula is C18H22N4O. The van der Waals surface area contributed by atoms with Crippen LogP contribution in [0.15, 0.2) is 30.7 Å². The number of aromatic nitrogens is 3. The summed E-state index contributed by atoms with van der Waals surface area (Å²) < 4.78 is 2.33. The first-order chi connectivity index (χ1) is 11.2. The Hall–Kier alpha value is -2.17. The highest BCUT2D eigenvalue weighted by Crippen LogP contribution is 2.34. The van der Waals surface area contributed by atoms with Crippen molar-refractivity contribution in [2.75, 3.05) is 13.1 Å². The summed E-state index contributed by atoms with van der Waals surface area (Å²) in [5.74, 6) is 1.69. The number of carbonyl (C=O) groups is 1. The van der Waals surface area contributed by atoms with Crippen molar-refractivity contribution in [1.82, 2.24) is 19.4 Å². The molecule has 1 saturated heterocycles. The molecule has 2 aromatic heterocycles. The standard InChI is InChI=1S/C18H22N4O/c1-13-11-20-17(15-3-2-8-19-12-15)22(13)16-6-9-21(10-7-16)18(23)14-4-5-14/h2-3,8,11-12,14,16H,4-7,9-10H2,1H3. The fourth-order valence-corrected chi connectivity index (χ4v) is 3.55. The Morgan fingerprint density at radius 1 is 1.17 bits per heavy atom. The molecule has 0 N–H and O–H groups in total. The Labute approximate surface area is 136 Å². The second-order valence-corrected chi connectivity index (χ2v) is 6.67. The van der Waals surface area contributed by atoms with Crippen molar-refractivity contribution in [2.45, 2.75) is 38.6 Å². The highest BCUT2D eigenvalue weighted by atomic mass is 16.2. The van der Waals surface area contributed by atoms with Crippen molar-refractivity contribution in [3.05, 3.63) is 36.4 Å². The van der Waals surface area contributed by atoms with Crippen molar-refractivity contribution in [1.29, 1.82) is 0 Å². The van der Waals surface area contributed by atoms with E-state index in [2.05, 4.69) is 32.4 Å². The first-order valence-corrected chi connectivity index (χ1v) is 8.47. The van der Waals surface area contributed by atoms with Gasteiger partial charge in [0.2, 0.25) is 5.91 Å². The molecule has 0 atom stereocenters. The van der Waals surface area contributed by atoms with E-state index in [1.165, 1.54) is 5.69 Å². The van der Waals surface area contributed by atoms with Gasteiger partial charge in [-0.15, -0.1) is 0 Å². The van der Waals surface area contributed by atoms with E-state index < -0.39 is 0 Å². The van der Waals surface area contributed by atoms with Crippen molar-refractivity contribution in [2.24, 2.45) is 5.92 Å². The summed E-state index contributed by atoms with van der Waals surface area (Å²) in [4.78, 5) is 23.1. The highest BCUT2D eigenvalue weighted by Gasteiger charge is 2.35. The number of aryl methyl sites for hydroxylation is 1. The van der Waals surface area contributed by atoms with Gasteiger partial charge in [0.25, 0.3) is 0 Å². The monoisotopic (exact) mass is 310 g/mol. The smallest absolute Gasteiger partial charge is 0.225 e. The molecule has 0 spiro atoms. The molecule has 1 amide bonds. The lowest BCUT2D eigenvalue weighted by Gasteiger charge is -2.34. The minimum atomic E-state index is 0.326. The van der Waals surface area contributed by atoms with Gasteiger partial charge in [0.05, 0.1) is 0 Å². The number of likely N-dealkylation sites (tertiary alicyclic amines) is 1. The third-order valence-corrected chi connectivity index (χ3v) is 4.97. The summed E-state index contributed by atoms with van der Waals surface area (Å²) in [6, 6.07) is 4.41. The summed E-state index contributed by atoms with van der Waals surface area (Å²) in [6.45, 7) is 3.84. The molecule has 2 aliphatic rings. The van der Waals surface area contributed by atoms with E-state index in [0.29, 0.717) is 17.9 Å². The number of piperidine rings is 1. The molecule has 5 heteroatoms. The minimum absolute atomic E-state index is 0.326. The van der Waals surface area contributed by atoms with Gasteiger partial charge < -0.3 is 9.47 Å². The van der Waals surface area contributed by atoms with Gasteiger partial charge in [0, 0.05) is 54.9 Å². The largest absolute Gasteiger partial charge is 0.342 e. The van der Waals surface area contributed by atoms with Gasteiger partial charge in [0.1, 0.15) is 5.82 Å². The molecule has 1 aliphatic heterocycles. The number of carbonyl (C=O) groups excluding carboxylic acids is 1. The van der Waals surface area contributed by atoms with Crippen LogP contribution in [0.25, 0.3) is 11.4 Å². The van der Waals surface area contributed by atoms with Gasteiger partial charge in [-0.3, -0.25) is 9.78 Å². The molecule has 1 saturated carbocycles. The Balaban J connectivity index is 1.53. The maximum absolute atomic E-state index is 12.2. The Morgan fingerprint density at radius 2 is 1.96 bits per heavy atom. The average Bonchev–Trinajstić information content (AvgIpc) is 3.38. The van der Waals surface area contributed by atoms with E-state index in [1.54, 1.807) is 6.20 Å². The van der Waals surface area contributed by atoms with Crippen LogP contribution in [0.3, 0.4) is 0 Å². The van der Waals surface area contributed by atoms with E-state index in [9.17, 15) is 4.79 Å². The predicted octanol–water partition coefficient (Wildman–Crippen LogP) is 2.83. The van der Waals surface area contributed by atoms with Crippen LogP contribution in [0.5, 0.6) is 0 Å². The van der Waals surface area contributed by atoms with Crippen LogP contribution in [-0.4, -0.2) is 38.4 Å². The van der Waals surface area contributed by atoms with Crippen molar-refractivity contribution in [3.8, 4) is 11.4 Å². The van der Waals surface area contributed by atoms with Gasteiger partial charge in [0.15, 0.2) is 0 Å². The van der Waals surface area contributed by atoms with E-state index in [0.717, 1.165) is 50.2 Å². The fourth-order valence-electron chi connectivity index (χ4n) is 3.55. The van der Waals surface area contributed by atoms with E-state index in [4.69, 9.17) is 0 Å². The van der Waals surface area contributed by atoms with Crippen LogP contribution in [0.2, 0.25) is 0 Å². The Morgan fingerprint density at radius 3 is 2.61 bits per heavy atom. The minimum Gasteiger partial charge on any atom is -0.342 e. The number of pyridine rings is 1. The molecule has 5 nitrogen and oxygen atoms in total. The van der Waals surface area contributed by atoms with Crippen molar-refractivity contribution < 1.29 is 4.79 Å². The number of hydrogen-bond acceptors (Lipinski definition) is 3. The average molecular weight is 310 g/mol. The van der Waals surface area contributed by atoms with Gasteiger partial charge in [-0.1, -0.05) is 0 Å². The maximum atomic E-state index is 12.2. The molecule has 23 heavy (non-hydrogen) atoms. The van der Waals surface area contributed by atoms with Gasteiger partial charge in [-0.25, -0.2) is 4.98 Å². The first kappa shape index (κ1) is 14.4. The molecule has 0 radical (unpaired) electrons. The summed E-state index contributed by atoms with van der Waals surface area (Å²) >= 11 is 0. The van der Waals surface area contributed by atoms with Crippen LogP contribution in [0, 0.1) is 12.8 Å². The van der Waals surface area contributed by atoms with Crippen LogP contribution < -0.4 is 0 Å². The zero-order chi connectivity index (χ0) is 15.8. The predicted molar refractivity (Wildman–Crippen MR) is 87.8 cm³/mol. The number of hydrogen-bond donors (Lipinski definition) is 0. The topological polar surface area (TPSA) is 51.0 Å². The molecule has 2 aromatic rings. The maximum Gasteiger partial charge on any atom is 0.225 e. The van der Waals surface area contributed by atoms with E-state index in [1.807, 2.05) is 18.5 Å². The number of rotatable bonds is 3. The van der Waals surface area contributed by atoms with Crippen LogP contribution in [0.1, 0.15) is 37.4 Å². The second-order valence-electron chi connectivity index (χ2n) is 6.67.